The Morgan fingerprint density at radius 3 is 2.55 bits per heavy atom. The molecule has 0 aliphatic carbocycles. The van der Waals surface area contributed by atoms with Crippen LogP contribution < -0.4 is 10.9 Å². The minimum absolute atomic E-state index is 0.0442. The normalized spacial score (nSPS) is 10.7. The molecule has 0 bridgehead atoms. The maximum atomic E-state index is 12.5. The largest absolute Gasteiger partial charge is 0.352 e. The zero-order valence-corrected chi connectivity index (χ0v) is 16.4. The van der Waals surface area contributed by atoms with E-state index in [1.165, 1.54) is 0 Å². The van der Waals surface area contributed by atoms with Crippen molar-refractivity contribution in [1.82, 2.24) is 20.2 Å². The number of hydrogen-bond acceptors (Lipinski definition) is 4. The molecule has 0 aliphatic rings. The highest BCUT2D eigenvalue weighted by molar-refractivity contribution is 5.94. The molecule has 0 spiro atoms. The highest BCUT2D eigenvalue weighted by Gasteiger charge is 2.14. The first-order valence-corrected chi connectivity index (χ1v) is 9.67. The zero-order chi connectivity index (χ0) is 20.6. The number of hydrogen-bond donors (Lipinski definition) is 2. The van der Waals surface area contributed by atoms with Crippen molar-refractivity contribution in [2.24, 2.45) is 0 Å². The first kappa shape index (κ1) is 20.3. The van der Waals surface area contributed by atoms with Gasteiger partial charge in [0.25, 0.3) is 11.5 Å². The van der Waals surface area contributed by atoms with Crippen LogP contribution in [0.4, 0.5) is 0 Å². The number of para-hydroxylation sites is 1. The van der Waals surface area contributed by atoms with Crippen LogP contribution in [0, 0.1) is 0 Å². The molecule has 150 valence electrons. The number of aromatic nitrogens is 2. The van der Waals surface area contributed by atoms with E-state index in [4.69, 9.17) is 0 Å². The van der Waals surface area contributed by atoms with Crippen molar-refractivity contribution < 1.29 is 9.59 Å². The van der Waals surface area contributed by atoms with E-state index in [0.717, 1.165) is 0 Å². The fourth-order valence-corrected chi connectivity index (χ4v) is 3.06. The summed E-state index contributed by atoms with van der Waals surface area (Å²) in [7, 11) is 0. The number of nitrogens with one attached hydrogen (secondary N) is 2. The highest BCUT2D eigenvalue weighted by Crippen LogP contribution is 2.08. The number of carbonyl (C=O) groups is 2. The monoisotopic (exact) mass is 392 g/mol. The first-order valence-electron chi connectivity index (χ1n) is 9.67. The first-order chi connectivity index (χ1) is 14.1. The van der Waals surface area contributed by atoms with Crippen molar-refractivity contribution in [1.29, 1.82) is 0 Å². The van der Waals surface area contributed by atoms with Crippen LogP contribution in [0.15, 0.2) is 59.4 Å². The number of amides is 2. The molecule has 0 unspecified atom stereocenters. The van der Waals surface area contributed by atoms with Crippen LogP contribution in [0.1, 0.15) is 35.9 Å². The van der Waals surface area contributed by atoms with Crippen molar-refractivity contribution in [3.05, 3.63) is 76.3 Å². The minimum Gasteiger partial charge on any atom is -0.352 e. The highest BCUT2D eigenvalue weighted by atomic mass is 16.2. The second-order valence-corrected chi connectivity index (χ2v) is 6.66. The smallest absolute Gasteiger partial charge is 0.258 e. The van der Waals surface area contributed by atoms with E-state index in [1.807, 2.05) is 31.2 Å². The molecule has 2 amide bonds. The minimum atomic E-state index is -0.210. The lowest BCUT2D eigenvalue weighted by molar-refractivity contribution is -0.131. The summed E-state index contributed by atoms with van der Waals surface area (Å²) in [4.78, 5) is 45.6. The molecule has 7 heteroatoms. The third-order valence-electron chi connectivity index (χ3n) is 4.63. The van der Waals surface area contributed by atoms with E-state index >= 15 is 0 Å². The predicted octanol–water partition coefficient (Wildman–Crippen LogP) is 2.48. The van der Waals surface area contributed by atoms with E-state index in [-0.39, 0.29) is 23.9 Å². The fraction of sp³-hybridized carbons (Fsp3) is 0.273. The fourth-order valence-electron chi connectivity index (χ4n) is 3.06. The molecule has 1 heterocycles. The lowest BCUT2D eigenvalue weighted by atomic mass is 10.2. The van der Waals surface area contributed by atoms with Crippen LogP contribution in [0.3, 0.4) is 0 Å². The van der Waals surface area contributed by atoms with E-state index in [0.29, 0.717) is 48.2 Å². The lowest BCUT2D eigenvalue weighted by Crippen LogP contribution is -2.32. The Kier molecular flexibility index (Phi) is 6.73. The van der Waals surface area contributed by atoms with Gasteiger partial charge >= 0.3 is 0 Å². The molecule has 0 aliphatic heterocycles. The molecule has 3 rings (SSSR count). The average Bonchev–Trinajstić information content (AvgIpc) is 2.75. The second kappa shape index (κ2) is 9.64. The van der Waals surface area contributed by atoms with E-state index in [2.05, 4.69) is 15.3 Å². The maximum Gasteiger partial charge on any atom is 0.258 e. The maximum absolute atomic E-state index is 12.5. The molecule has 0 saturated heterocycles. The van der Waals surface area contributed by atoms with E-state index < -0.39 is 0 Å². The van der Waals surface area contributed by atoms with E-state index in [1.54, 1.807) is 35.2 Å². The molecular weight excluding hydrogens is 368 g/mol. The predicted molar refractivity (Wildman–Crippen MR) is 111 cm³/mol. The summed E-state index contributed by atoms with van der Waals surface area (Å²) < 4.78 is 0. The molecule has 0 radical (unpaired) electrons. The van der Waals surface area contributed by atoms with Crippen LogP contribution in [-0.2, 0) is 11.3 Å². The zero-order valence-electron chi connectivity index (χ0n) is 16.4. The van der Waals surface area contributed by atoms with Crippen LogP contribution in [0.5, 0.6) is 0 Å². The Hall–Kier alpha value is -3.48. The van der Waals surface area contributed by atoms with Crippen LogP contribution in [0.25, 0.3) is 10.9 Å². The van der Waals surface area contributed by atoms with Crippen LogP contribution >= 0.6 is 0 Å². The summed E-state index contributed by atoms with van der Waals surface area (Å²) in [6.07, 6.45) is 0.844. The Labute approximate surface area is 168 Å². The van der Waals surface area contributed by atoms with Gasteiger partial charge in [-0.1, -0.05) is 30.3 Å². The van der Waals surface area contributed by atoms with Gasteiger partial charge in [-0.3, -0.25) is 14.4 Å². The van der Waals surface area contributed by atoms with E-state index in [9.17, 15) is 14.4 Å². The van der Waals surface area contributed by atoms with Gasteiger partial charge in [0.15, 0.2) is 0 Å². The molecule has 7 nitrogen and oxygen atoms in total. The van der Waals surface area contributed by atoms with Gasteiger partial charge in [0.1, 0.15) is 5.82 Å². The third-order valence-corrected chi connectivity index (χ3v) is 4.63. The summed E-state index contributed by atoms with van der Waals surface area (Å²) in [5, 5.41) is 3.35. The lowest BCUT2D eigenvalue weighted by Gasteiger charge is -2.20. The van der Waals surface area contributed by atoms with Crippen molar-refractivity contribution in [2.75, 3.05) is 13.1 Å². The molecule has 2 N–H and O–H groups in total. The molecule has 0 atom stereocenters. The Balaban J connectivity index is 1.53. The Morgan fingerprint density at radius 1 is 1.07 bits per heavy atom. The second-order valence-electron chi connectivity index (χ2n) is 6.66. The van der Waals surface area contributed by atoms with Gasteiger partial charge in [0.2, 0.25) is 5.91 Å². The number of rotatable bonds is 8. The number of H-pyrrole nitrogens is 1. The van der Waals surface area contributed by atoms with Crippen LogP contribution in [0.2, 0.25) is 0 Å². The van der Waals surface area contributed by atoms with Gasteiger partial charge in [-0.15, -0.1) is 0 Å². The molecule has 1 aromatic heterocycles. The van der Waals surface area contributed by atoms with Crippen molar-refractivity contribution in [3.63, 3.8) is 0 Å². The van der Waals surface area contributed by atoms with Gasteiger partial charge in [0.05, 0.1) is 17.4 Å². The quantitative estimate of drug-likeness (QED) is 0.576. The Morgan fingerprint density at radius 2 is 1.79 bits per heavy atom. The van der Waals surface area contributed by atoms with Gasteiger partial charge in [-0.25, -0.2) is 4.98 Å². The molecular formula is C22H24N4O3. The van der Waals surface area contributed by atoms with Crippen molar-refractivity contribution in [2.45, 2.75) is 26.3 Å². The average molecular weight is 392 g/mol. The molecule has 2 aromatic carbocycles. The standard InChI is InChI=1S/C22H24N4O3/c1-2-26(15-19-24-18-12-7-6-11-17(18)22(29)25-19)20(27)13-8-14-23-21(28)16-9-4-3-5-10-16/h3-7,9-12H,2,8,13-15H2,1H3,(H,23,28)(H,24,25,29). The summed E-state index contributed by atoms with van der Waals surface area (Å²) in [5.41, 5.74) is 0.997. The van der Waals surface area contributed by atoms with Crippen molar-refractivity contribution >= 4 is 22.7 Å². The Bertz CT molecular complexity index is 1050. The molecule has 3 aromatic rings. The van der Waals surface area contributed by atoms with Gasteiger partial charge in [-0.2, -0.15) is 0 Å². The number of carbonyl (C=O) groups excluding carboxylic acids is 2. The van der Waals surface area contributed by atoms with Gasteiger partial charge in [0, 0.05) is 25.1 Å². The van der Waals surface area contributed by atoms with Gasteiger partial charge in [-0.05, 0) is 37.6 Å². The summed E-state index contributed by atoms with van der Waals surface area (Å²) >= 11 is 0. The summed E-state index contributed by atoms with van der Waals surface area (Å²) in [5.74, 6) is 0.266. The molecule has 29 heavy (non-hydrogen) atoms. The number of benzene rings is 2. The SMILES string of the molecule is CCN(Cc1nc2ccccc2c(=O)[nH]1)C(=O)CCCNC(=O)c1ccccc1. The van der Waals surface area contributed by atoms with Crippen LogP contribution in [-0.4, -0.2) is 39.8 Å². The summed E-state index contributed by atoms with van der Waals surface area (Å²) in [6.45, 7) is 3.05. The number of fused-ring (bicyclic) bond motifs is 1. The summed E-state index contributed by atoms with van der Waals surface area (Å²) in [6, 6.07) is 16.1. The number of aromatic amines is 1. The topological polar surface area (TPSA) is 95.2 Å². The molecule has 0 saturated carbocycles. The number of nitrogens with zero attached hydrogens (tertiary/aromatic N) is 2. The molecule has 0 fully saturated rings. The third kappa shape index (κ3) is 5.28. The van der Waals surface area contributed by atoms with Gasteiger partial charge < -0.3 is 15.2 Å². The van der Waals surface area contributed by atoms with Crippen molar-refractivity contribution in [3.8, 4) is 0 Å².